The minimum absolute atomic E-state index is 0.00343. The number of halogens is 1. The van der Waals surface area contributed by atoms with Crippen LogP contribution >= 0.6 is 11.6 Å². The van der Waals surface area contributed by atoms with Gasteiger partial charge in [-0.2, -0.15) is 14.7 Å². The van der Waals surface area contributed by atoms with Crippen molar-refractivity contribution in [3.63, 3.8) is 0 Å². The monoisotopic (exact) mass is 444 g/mol. The molecule has 154 valence electrons. The van der Waals surface area contributed by atoms with E-state index in [1.165, 1.54) is 22.5 Å². The quantitative estimate of drug-likeness (QED) is 0.460. The number of nitrogens with zero attached hydrogens (tertiary/aromatic N) is 4. The van der Waals surface area contributed by atoms with Crippen LogP contribution < -0.4 is 5.43 Å². The minimum Gasteiger partial charge on any atom is -0.379 e. The molecule has 3 aromatic rings. The lowest BCUT2D eigenvalue weighted by Gasteiger charge is -2.26. The second-order valence-corrected chi connectivity index (χ2v) is 8.79. The second kappa shape index (κ2) is 8.41. The number of sulfonamides is 1. The lowest BCUT2D eigenvalue weighted by atomic mass is 10.3. The Hall–Kier alpha value is -2.97. The second-order valence-electron chi connectivity index (χ2n) is 6.44. The number of hydrogen-bond acceptors (Lipinski definition) is 7. The van der Waals surface area contributed by atoms with Crippen LogP contribution in [0.25, 0.3) is 11.0 Å². The fourth-order valence-corrected chi connectivity index (χ4v) is 4.59. The molecule has 1 fully saturated rings. The van der Waals surface area contributed by atoms with Crippen molar-refractivity contribution in [2.75, 3.05) is 31.7 Å². The summed E-state index contributed by atoms with van der Waals surface area (Å²) in [7, 11) is -3.69. The van der Waals surface area contributed by atoms with E-state index in [4.69, 9.17) is 16.3 Å². The number of para-hydroxylation sites is 2. The third-order valence-corrected chi connectivity index (χ3v) is 6.78. The molecule has 2 heterocycles. The maximum absolute atomic E-state index is 12.9. The zero-order chi connectivity index (χ0) is 21.1. The third kappa shape index (κ3) is 4.01. The van der Waals surface area contributed by atoms with Crippen molar-refractivity contribution in [1.29, 1.82) is 5.26 Å². The fourth-order valence-electron chi connectivity index (χ4n) is 3.00. The molecule has 1 saturated heterocycles. The Morgan fingerprint density at radius 1 is 1.27 bits per heavy atom. The summed E-state index contributed by atoms with van der Waals surface area (Å²) in [5.41, 5.74) is 4.42. The van der Waals surface area contributed by atoms with Gasteiger partial charge in [-0.1, -0.05) is 23.7 Å². The SMILES string of the molecule is N#C/C(=N\Nc1cc(S(=O)(=O)N2CCOCC2)ccc1Cl)c1nc2ccccc2[nH]1. The van der Waals surface area contributed by atoms with Gasteiger partial charge in [0.25, 0.3) is 0 Å². The molecule has 0 aliphatic carbocycles. The molecular formula is C19H17ClN6O3S. The first-order valence-corrected chi connectivity index (χ1v) is 10.9. The van der Waals surface area contributed by atoms with Crippen LogP contribution in [-0.2, 0) is 14.8 Å². The number of benzene rings is 2. The predicted octanol–water partition coefficient (Wildman–Crippen LogP) is 2.58. The van der Waals surface area contributed by atoms with Gasteiger partial charge in [-0.05, 0) is 30.3 Å². The molecule has 0 saturated carbocycles. The molecule has 2 N–H and O–H groups in total. The largest absolute Gasteiger partial charge is 0.379 e. The molecule has 0 unspecified atom stereocenters. The normalized spacial score (nSPS) is 15.8. The smallest absolute Gasteiger partial charge is 0.243 e. The van der Waals surface area contributed by atoms with Crippen molar-refractivity contribution in [2.24, 2.45) is 5.10 Å². The van der Waals surface area contributed by atoms with Gasteiger partial charge < -0.3 is 9.72 Å². The summed E-state index contributed by atoms with van der Waals surface area (Å²) in [6.45, 7) is 1.28. The van der Waals surface area contributed by atoms with Crippen molar-refractivity contribution in [3.8, 4) is 6.07 Å². The predicted molar refractivity (Wildman–Crippen MR) is 113 cm³/mol. The zero-order valence-electron chi connectivity index (χ0n) is 15.7. The zero-order valence-corrected chi connectivity index (χ0v) is 17.2. The number of nitriles is 1. The molecule has 0 amide bonds. The van der Waals surface area contributed by atoms with Crippen LogP contribution in [0.2, 0.25) is 5.02 Å². The van der Waals surface area contributed by atoms with Gasteiger partial charge in [-0.25, -0.2) is 13.4 Å². The van der Waals surface area contributed by atoms with Crippen LogP contribution in [0.3, 0.4) is 0 Å². The van der Waals surface area contributed by atoms with E-state index in [0.717, 1.165) is 5.52 Å². The van der Waals surface area contributed by atoms with Gasteiger partial charge in [0, 0.05) is 13.1 Å². The number of aromatic amines is 1. The van der Waals surface area contributed by atoms with E-state index in [-0.39, 0.29) is 34.4 Å². The molecule has 0 atom stereocenters. The van der Waals surface area contributed by atoms with Crippen LogP contribution in [-0.4, -0.2) is 54.7 Å². The number of ether oxygens (including phenoxy) is 1. The molecule has 30 heavy (non-hydrogen) atoms. The van der Waals surface area contributed by atoms with Crippen molar-refractivity contribution in [3.05, 3.63) is 53.3 Å². The van der Waals surface area contributed by atoms with Crippen LogP contribution in [0.4, 0.5) is 5.69 Å². The average Bonchev–Trinajstić information content (AvgIpc) is 3.20. The number of H-pyrrole nitrogens is 1. The number of nitrogens with one attached hydrogen (secondary N) is 2. The van der Waals surface area contributed by atoms with Gasteiger partial charge in [0.1, 0.15) is 6.07 Å². The molecule has 2 aromatic carbocycles. The first-order valence-electron chi connectivity index (χ1n) is 9.05. The Kier molecular flexibility index (Phi) is 5.69. The molecule has 1 aromatic heterocycles. The lowest BCUT2D eigenvalue weighted by molar-refractivity contribution is 0.0730. The summed E-state index contributed by atoms with van der Waals surface area (Å²) >= 11 is 6.20. The summed E-state index contributed by atoms with van der Waals surface area (Å²) in [5.74, 6) is 0.291. The highest BCUT2D eigenvalue weighted by Crippen LogP contribution is 2.27. The summed E-state index contributed by atoms with van der Waals surface area (Å²) in [4.78, 5) is 7.44. The van der Waals surface area contributed by atoms with Crippen LogP contribution in [0.1, 0.15) is 5.82 Å². The third-order valence-electron chi connectivity index (χ3n) is 4.55. The highest BCUT2D eigenvalue weighted by molar-refractivity contribution is 7.89. The Morgan fingerprint density at radius 2 is 2.03 bits per heavy atom. The number of rotatable bonds is 5. The van der Waals surface area contributed by atoms with Crippen LogP contribution in [0.5, 0.6) is 0 Å². The first kappa shape index (κ1) is 20.3. The molecule has 0 bridgehead atoms. The standard InChI is InChI=1S/C19H17ClN6O3S/c20-14-6-5-13(30(27,28)26-7-9-29-10-8-26)11-17(14)24-25-18(12-21)19-22-15-3-1-2-4-16(15)23-19/h1-6,11,24H,7-10H2,(H,22,23)/b25-18+. The van der Waals surface area contributed by atoms with E-state index in [2.05, 4.69) is 20.5 Å². The molecular weight excluding hydrogens is 428 g/mol. The highest BCUT2D eigenvalue weighted by atomic mass is 35.5. The number of imidazole rings is 1. The van der Waals surface area contributed by atoms with Gasteiger partial charge in [0.2, 0.25) is 15.7 Å². The lowest BCUT2D eigenvalue weighted by Crippen LogP contribution is -2.40. The number of fused-ring (bicyclic) bond motifs is 1. The minimum atomic E-state index is -3.69. The molecule has 1 aliphatic rings. The van der Waals surface area contributed by atoms with Crippen molar-refractivity contribution >= 4 is 44.1 Å². The van der Waals surface area contributed by atoms with Crippen LogP contribution in [0.15, 0.2) is 52.5 Å². The van der Waals surface area contributed by atoms with Crippen molar-refractivity contribution < 1.29 is 13.2 Å². The van der Waals surface area contributed by atoms with E-state index in [0.29, 0.717) is 24.6 Å². The Balaban J connectivity index is 1.62. The maximum atomic E-state index is 12.9. The number of morpholine rings is 1. The molecule has 0 spiro atoms. The topological polar surface area (TPSA) is 123 Å². The Bertz CT molecular complexity index is 1230. The van der Waals surface area contributed by atoms with Gasteiger partial charge in [-0.3, -0.25) is 5.43 Å². The average molecular weight is 445 g/mol. The number of aromatic nitrogens is 2. The van der Waals surface area contributed by atoms with Gasteiger partial charge >= 0.3 is 0 Å². The Labute approximate surface area is 178 Å². The fraction of sp³-hybridized carbons (Fsp3) is 0.211. The van der Waals surface area contributed by atoms with Crippen LogP contribution in [0, 0.1) is 11.3 Å². The maximum Gasteiger partial charge on any atom is 0.243 e. The van der Waals surface area contributed by atoms with E-state index in [1.807, 2.05) is 30.3 Å². The Morgan fingerprint density at radius 3 is 2.77 bits per heavy atom. The summed E-state index contributed by atoms with van der Waals surface area (Å²) in [6.07, 6.45) is 0. The molecule has 1 aliphatic heterocycles. The summed E-state index contributed by atoms with van der Waals surface area (Å²) in [6, 6.07) is 13.6. The van der Waals surface area contributed by atoms with Gasteiger partial charge in [0.15, 0.2) is 5.82 Å². The van der Waals surface area contributed by atoms with E-state index in [1.54, 1.807) is 0 Å². The first-order chi connectivity index (χ1) is 14.5. The van der Waals surface area contributed by atoms with Gasteiger partial charge in [0.05, 0.1) is 39.9 Å². The van der Waals surface area contributed by atoms with E-state index < -0.39 is 10.0 Å². The van der Waals surface area contributed by atoms with E-state index in [9.17, 15) is 13.7 Å². The van der Waals surface area contributed by atoms with E-state index >= 15 is 0 Å². The molecule has 11 heteroatoms. The molecule has 9 nitrogen and oxygen atoms in total. The summed E-state index contributed by atoms with van der Waals surface area (Å²) < 4.78 is 32.3. The highest BCUT2D eigenvalue weighted by Gasteiger charge is 2.27. The summed E-state index contributed by atoms with van der Waals surface area (Å²) in [5, 5.41) is 13.8. The number of hydrazone groups is 1. The van der Waals surface area contributed by atoms with Gasteiger partial charge in [-0.15, -0.1) is 0 Å². The van der Waals surface area contributed by atoms with Crippen molar-refractivity contribution in [1.82, 2.24) is 14.3 Å². The van der Waals surface area contributed by atoms with Crippen molar-refractivity contribution in [2.45, 2.75) is 4.90 Å². The molecule has 4 rings (SSSR count). The number of hydrogen-bond donors (Lipinski definition) is 2. The molecule has 0 radical (unpaired) electrons. The number of anilines is 1.